The van der Waals surface area contributed by atoms with E-state index in [1.165, 1.54) is 59.9 Å². The molecule has 0 aliphatic rings. The summed E-state index contributed by atoms with van der Waals surface area (Å²) in [5, 5.41) is 7.33. The standard InChI is InChI=1S/C25H27FN2O4S2/c1-25(2,3)16-34(31,32)21-12-10-19(11-13-21)27-24(30)22(15-20-5-4-14-33-20)28-23(29)17-6-8-18(26)9-7-17/h4-14,22H,15-16H2,1-3H3,(H,27,30)(H,28,29)/t22-/m0/s1. The summed E-state index contributed by atoms with van der Waals surface area (Å²) in [4.78, 5) is 26.8. The Hall–Kier alpha value is -3.04. The molecule has 0 aliphatic heterocycles. The van der Waals surface area contributed by atoms with Crippen LogP contribution in [0.4, 0.5) is 10.1 Å². The van der Waals surface area contributed by atoms with Crippen molar-refractivity contribution in [1.82, 2.24) is 5.32 Å². The van der Waals surface area contributed by atoms with Crippen molar-refractivity contribution in [1.29, 1.82) is 0 Å². The van der Waals surface area contributed by atoms with Gasteiger partial charge in [-0.2, -0.15) is 0 Å². The number of carbonyl (C=O) groups is 2. The van der Waals surface area contributed by atoms with Gasteiger partial charge in [-0.15, -0.1) is 11.3 Å². The average molecular weight is 503 g/mol. The van der Waals surface area contributed by atoms with Crippen molar-refractivity contribution in [3.8, 4) is 0 Å². The molecule has 0 bridgehead atoms. The normalized spacial score (nSPS) is 12.7. The lowest BCUT2D eigenvalue weighted by Crippen LogP contribution is -2.45. The molecule has 0 saturated carbocycles. The average Bonchev–Trinajstić information content (AvgIpc) is 3.25. The van der Waals surface area contributed by atoms with Gasteiger partial charge in [0.2, 0.25) is 5.91 Å². The van der Waals surface area contributed by atoms with E-state index >= 15 is 0 Å². The van der Waals surface area contributed by atoms with Crippen LogP contribution in [0, 0.1) is 11.2 Å². The molecule has 2 aromatic carbocycles. The second kappa shape index (κ2) is 10.5. The zero-order valence-electron chi connectivity index (χ0n) is 19.2. The maximum atomic E-state index is 13.2. The lowest BCUT2D eigenvalue weighted by molar-refractivity contribution is -0.117. The first-order valence-corrected chi connectivity index (χ1v) is 13.2. The number of carbonyl (C=O) groups excluding carboxylic acids is 2. The Balaban J connectivity index is 1.74. The molecular formula is C25H27FN2O4S2. The highest BCUT2D eigenvalue weighted by molar-refractivity contribution is 7.91. The van der Waals surface area contributed by atoms with Gasteiger partial charge in [0.05, 0.1) is 10.6 Å². The van der Waals surface area contributed by atoms with Crippen LogP contribution in [-0.4, -0.2) is 32.0 Å². The van der Waals surface area contributed by atoms with Gasteiger partial charge >= 0.3 is 0 Å². The lowest BCUT2D eigenvalue weighted by Gasteiger charge is -2.19. The van der Waals surface area contributed by atoms with Crippen molar-refractivity contribution < 1.29 is 22.4 Å². The number of rotatable bonds is 8. The zero-order valence-corrected chi connectivity index (χ0v) is 20.8. The van der Waals surface area contributed by atoms with Crippen molar-refractivity contribution >= 4 is 38.7 Å². The van der Waals surface area contributed by atoms with Gasteiger partial charge in [0, 0.05) is 22.5 Å². The van der Waals surface area contributed by atoms with E-state index in [1.807, 2.05) is 38.3 Å². The molecule has 1 heterocycles. The molecule has 1 aromatic heterocycles. The minimum atomic E-state index is -3.46. The van der Waals surface area contributed by atoms with Gasteiger partial charge in [-0.25, -0.2) is 12.8 Å². The van der Waals surface area contributed by atoms with E-state index in [4.69, 9.17) is 0 Å². The largest absolute Gasteiger partial charge is 0.340 e. The highest BCUT2D eigenvalue weighted by Gasteiger charge is 2.25. The minimum Gasteiger partial charge on any atom is -0.340 e. The first kappa shape index (κ1) is 25.6. The summed E-state index contributed by atoms with van der Waals surface area (Å²) in [7, 11) is -3.46. The van der Waals surface area contributed by atoms with Gasteiger partial charge in [0.25, 0.3) is 5.91 Å². The number of hydrogen-bond acceptors (Lipinski definition) is 5. The highest BCUT2D eigenvalue weighted by atomic mass is 32.2. The van der Waals surface area contributed by atoms with Crippen LogP contribution in [0.15, 0.2) is 70.9 Å². The van der Waals surface area contributed by atoms with Gasteiger partial charge in [-0.1, -0.05) is 26.8 Å². The van der Waals surface area contributed by atoms with Crippen molar-refractivity contribution in [2.24, 2.45) is 5.41 Å². The molecule has 2 N–H and O–H groups in total. The number of thiophene rings is 1. The van der Waals surface area contributed by atoms with Gasteiger partial charge in [-0.3, -0.25) is 9.59 Å². The Morgan fingerprint density at radius 3 is 2.21 bits per heavy atom. The molecule has 0 unspecified atom stereocenters. The number of halogens is 1. The SMILES string of the molecule is CC(C)(C)CS(=O)(=O)c1ccc(NC(=O)[C@H](Cc2cccs2)NC(=O)c2ccc(F)cc2)cc1. The fraction of sp³-hybridized carbons (Fsp3) is 0.280. The van der Waals surface area contributed by atoms with Crippen LogP contribution in [0.25, 0.3) is 0 Å². The van der Waals surface area contributed by atoms with Crippen LogP contribution in [0.2, 0.25) is 0 Å². The van der Waals surface area contributed by atoms with E-state index in [0.29, 0.717) is 5.69 Å². The molecule has 0 fully saturated rings. The monoisotopic (exact) mass is 502 g/mol. The predicted octanol–water partition coefficient (Wildman–Crippen LogP) is 4.69. The van der Waals surface area contributed by atoms with Gasteiger partial charge < -0.3 is 10.6 Å². The fourth-order valence-corrected chi connectivity index (χ4v) is 5.92. The molecule has 0 saturated heterocycles. The molecule has 3 rings (SSSR count). The summed E-state index contributed by atoms with van der Waals surface area (Å²) in [5.41, 5.74) is 0.259. The van der Waals surface area contributed by atoms with Gasteiger partial charge in [0.15, 0.2) is 9.84 Å². The Kier molecular flexibility index (Phi) is 7.89. The van der Waals surface area contributed by atoms with E-state index < -0.39 is 33.5 Å². The summed E-state index contributed by atoms with van der Waals surface area (Å²) in [5.74, 6) is -1.41. The number of amides is 2. The fourth-order valence-electron chi connectivity index (χ4n) is 3.31. The van der Waals surface area contributed by atoms with Crippen LogP contribution in [0.3, 0.4) is 0 Å². The van der Waals surface area contributed by atoms with Gasteiger partial charge in [-0.05, 0) is 65.4 Å². The second-order valence-corrected chi connectivity index (χ2v) is 12.2. The third-order valence-electron chi connectivity index (χ3n) is 4.82. The molecule has 180 valence electrons. The Labute approximate surface area is 203 Å². The Morgan fingerprint density at radius 1 is 1.00 bits per heavy atom. The van der Waals surface area contributed by atoms with Crippen molar-refractivity contribution in [2.45, 2.75) is 38.1 Å². The molecule has 1 atom stereocenters. The lowest BCUT2D eigenvalue weighted by atomic mass is 10.0. The smallest absolute Gasteiger partial charge is 0.251 e. The quantitative estimate of drug-likeness (QED) is 0.468. The molecule has 34 heavy (non-hydrogen) atoms. The van der Waals surface area contributed by atoms with E-state index in [0.717, 1.165) is 4.88 Å². The summed E-state index contributed by atoms with van der Waals surface area (Å²) in [6.07, 6.45) is 0.272. The van der Waals surface area contributed by atoms with Crippen molar-refractivity contribution in [2.75, 3.05) is 11.1 Å². The van der Waals surface area contributed by atoms with Crippen LogP contribution in [0.1, 0.15) is 36.0 Å². The van der Waals surface area contributed by atoms with Gasteiger partial charge in [0.1, 0.15) is 11.9 Å². The number of benzene rings is 2. The molecule has 6 nitrogen and oxygen atoms in total. The van der Waals surface area contributed by atoms with Crippen LogP contribution >= 0.6 is 11.3 Å². The third-order valence-corrected chi connectivity index (χ3v) is 7.95. The molecule has 2 amide bonds. The second-order valence-electron chi connectivity index (χ2n) is 9.15. The highest BCUT2D eigenvalue weighted by Crippen LogP contribution is 2.23. The maximum absolute atomic E-state index is 13.2. The van der Waals surface area contributed by atoms with E-state index in [9.17, 15) is 22.4 Å². The van der Waals surface area contributed by atoms with Crippen LogP contribution in [0.5, 0.6) is 0 Å². The van der Waals surface area contributed by atoms with E-state index in [2.05, 4.69) is 10.6 Å². The topological polar surface area (TPSA) is 92.3 Å². The van der Waals surface area contributed by atoms with E-state index in [1.54, 1.807) is 0 Å². The Morgan fingerprint density at radius 2 is 1.65 bits per heavy atom. The first-order valence-electron chi connectivity index (χ1n) is 10.7. The maximum Gasteiger partial charge on any atom is 0.251 e. The summed E-state index contributed by atoms with van der Waals surface area (Å²) >= 11 is 1.46. The van der Waals surface area contributed by atoms with Crippen LogP contribution < -0.4 is 10.6 Å². The summed E-state index contributed by atoms with van der Waals surface area (Å²) < 4.78 is 38.4. The Bertz CT molecular complexity index is 1230. The minimum absolute atomic E-state index is 0.00398. The first-order chi connectivity index (χ1) is 15.9. The van der Waals surface area contributed by atoms with Crippen molar-refractivity contribution in [3.05, 3.63) is 82.3 Å². The molecular weight excluding hydrogens is 475 g/mol. The summed E-state index contributed by atoms with van der Waals surface area (Å²) in [6.45, 7) is 5.56. The third kappa shape index (κ3) is 7.23. The molecule has 9 heteroatoms. The van der Waals surface area contributed by atoms with Crippen LogP contribution in [-0.2, 0) is 21.1 Å². The molecule has 3 aromatic rings. The molecule has 0 spiro atoms. The number of nitrogens with one attached hydrogen (secondary N) is 2. The zero-order chi connectivity index (χ0) is 24.9. The number of hydrogen-bond donors (Lipinski definition) is 2. The van der Waals surface area contributed by atoms with E-state index in [-0.39, 0.29) is 28.0 Å². The number of anilines is 1. The predicted molar refractivity (Wildman–Crippen MR) is 132 cm³/mol. The van der Waals surface area contributed by atoms with Crippen molar-refractivity contribution in [3.63, 3.8) is 0 Å². The number of sulfone groups is 1. The summed E-state index contributed by atoms with van der Waals surface area (Å²) in [6, 6.07) is 13.9. The molecule has 0 radical (unpaired) electrons. The molecule has 0 aliphatic carbocycles.